The lowest BCUT2D eigenvalue weighted by molar-refractivity contribution is -0.695. The van der Waals surface area contributed by atoms with Gasteiger partial charge in [-0.15, -0.1) is 0 Å². The van der Waals surface area contributed by atoms with Crippen molar-refractivity contribution in [1.82, 2.24) is 0 Å². The Morgan fingerprint density at radius 1 is 1.25 bits per heavy atom. The molecule has 20 heavy (non-hydrogen) atoms. The lowest BCUT2D eigenvalue weighted by atomic mass is 10.1. The van der Waals surface area contributed by atoms with Crippen LogP contribution in [0.3, 0.4) is 0 Å². The fraction of sp³-hybridized carbons (Fsp3) is 0.125. The van der Waals surface area contributed by atoms with Crippen LogP contribution in [0.4, 0.5) is 0 Å². The number of aromatic carboxylic acids is 1. The molecular formula is C16H16NO3+. The Hall–Kier alpha value is -2.62. The molecule has 4 heteroatoms. The number of rotatable bonds is 4. The summed E-state index contributed by atoms with van der Waals surface area (Å²) in [5, 5.41) is 18.4. The van der Waals surface area contributed by atoms with Gasteiger partial charge in [0, 0.05) is 18.2 Å². The predicted molar refractivity (Wildman–Crippen MR) is 76.3 cm³/mol. The van der Waals surface area contributed by atoms with E-state index in [4.69, 9.17) is 5.11 Å². The number of benzene rings is 1. The normalized spacial score (nSPS) is 10.8. The molecule has 1 heterocycles. The van der Waals surface area contributed by atoms with Gasteiger partial charge in [-0.05, 0) is 36.8 Å². The minimum Gasteiger partial charge on any atom is -0.507 e. The molecule has 102 valence electrons. The third-order valence-electron chi connectivity index (χ3n) is 3.01. The third-order valence-corrected chi connectivity index (χ3v) is 3.01. The van der Waals surface area contributed by atoms with Gasteiger partial charge in [0.05, 0.1) is 0 Å². The van der Waals surface area contributed by atoms with Crippen LogP contribution in [0.5, 0.6) is 5.75 Å². The molecule has 1 aromatic heterocycles. The van der Waals surface area contributed by atoms with Crippen LogP contribution < -0.4 is 4.57 Å². The number of aromatic hydroxyl groups is 1. The van der Waals surface area contributed by atoms with Crippen molar-refractivity contribution in [3.05, 3.63) is 59.4 Å². The van der Waals surface area contributed by atoms with E-state index in [1.54, 1.807) is 6.07 Å². The lowest BCUT2D eigenvalue weighted by Gasteiger charge is -2.01. The summed E-state index contributed by atoms with van der Waals surface area (Å²) in [4.78, 5) is 11.0. The van der Waals surface area contributed by atoms with Gasteiger partial charge >= 0.3 is 5.97 Å². The topological polar surface area (TPSA) is 61.4 Å². The van der Waals surface area contributed by atoms with E-state index in [2.05, 4.69) is 11.5 Å². The molecule has 0 amide bonds. The molecule has 0 unspecified atom stereocenters. The van der Waals surface area contributed by atoms with Gasteiger partial charge in [-0.2, -0.15) is 4.57 Å². The molecule has 0 fully saturated rings. The van der Waals surface area contributed by atoms with Gasteiger partial charge < -0.3 is 10.2 Å². The van der Waals surface area contributed by atoms with E-state index < -0.39 is 5.97 Å². The van der Waals surface area contributed by atoms with E-state index >= 15 is 0 Å². The van der Waals surface area contributed by atoms with E-state index in [9.17, 15) is 9.90 Å². The highest BCUT2D eigenvalue weighted by atomic mass is 16.4. The first-order chi connectivity index (χ1) is 9.61. The van der Waals surface area contributed by atoms with Crippen LogP contribution in [0, 0.1) is 0 Å². The molecule has 4 nitrogen and oxygen atoms in total. The van der Waals surface area contributed by atoms with Gasteiger partial charge in [-0.1, -0.05) is 6.07 Å². The quantitative estimate of drug-likeness (QED) is 0.839. The monoisotopic (exact) mass is 270 g/mol. The fourth-order valence-corrected chi connectivity index (χ4v) is 1.94. The summed E-state index contributed by atoms with van der Waals surface area (Å²) in [5.74, 6) is -1.36. The Balaban J connectivity index is 2.32. The van der Waals surface area contributed by atoms with E-state index in [1.807, 2.05) is 36.5 Å². The zero-order chi connectivity index (χ0) is 14.5. The number of carboxylic acid groups (broad SMARTS) is 1. The summed E-state index contributed by atoms with van der Waals surface area (Å²) in [5.41, 5.74) is 1.66. The van der Waals surface area contributed by atoms with Gasteiger partial charge in [0.2, 0.25) is 5.69 Å². The Labute approximate surface area is 117 Å². The first kappa shape index (κ1) is 13.8. The molecule has 0 saturated heterocycles. The highest BCUT2D eigenvalue weighted by Gasteiger charge is 2.09. The predicted octanol–water partition coefficient (Wildman–Crippen LogP) is 2.57. The van der Waals surface area contributed by atoms with E-state index in [-0.39, 0.29) is 11.3 Å². The van der Waals surface area contributed by atoms with Gasteiger partial charge in [-0.3, -0.25) is 0 Å². The van der Waals surface area contributed by atoms with Crippen molar-refractivity contribution in [2.45, 2.75) is 13.5 Å². The first-order valence-corrected chi connectivity index (χ1v) is 6.34. The van der Waals surface area contributed by atoms with Gasteiger partial charge in [0.25, 0.3) is 0 Å². The van der Waals surface area contributed by atoms with Crippen molar-refractivity contribution in [3.8, 4) is 5.75 Å². The standard InChI is InChI=1S/C16H15NO3/c1-2-17-10-4-3-5-13(17)8-6-12-7-9-15(18)14(11-12)16(19)20/h3-11H,2H2,1H3,(H,19,20)/p+1. The van der Waals surface area contributed by atoms with Crippen LogP contribution in [-0.4, -0.2) is 16.2 Å². The van der Waals surface area contributed by atoms with Gasteiger partial charge in [0.1, 0.15) is 17.9 Å². The molecule has 0 aliphatic carbocycles. The maximum absolute atomic E-state index is 11.0. The third kappa shape index (κ3) is 3.03. The first-order valence-electron chi connectivity index (χ1n) is 6.34. The summed E-state index contributed by atoms with van der Waals surface area (Å²) in [6, 6.07) is 10.4. The molecule has 0 saturated carbocycles. The largest absolute Gasteiger partial charge is 0.507 e. The Kier molecular flexibility index (Phi) is 4.15. The summed E-state index contributed by atoms with van der Waals surface area (Å²) < 4.78 is 2.08. The number of hydrogen-bond acceptors (Lipinski definition) is 2. The van der Waals surface area contributed by atoms with Crippen LogP contribution in [0.2, 0.25) is 0 Å². The second-order valence-electron chi connectivity index (χ2n) is 4.33. The SMILES string of the molecule is CC[n+]1ccccc1C=Cc1ccc(O)c(C(=O)O)c1. The van der Waals surface area contributed by atoms with Crippen molar-refractivity contribution in [1.29, 1.82) is 0 Å². The molecule has 1 aromatic carbocycles. The minimum atomic E-state index is -1.14. The highest BCUT2D eigenvalue weighted by Crippen LogP contribution is 2.19. The Morgan fingerprint density at radius 3 is 2.75 bits per heavy atom. The zero-order valence-corrected chi connectivity index (χ0v) is 11.2. The van der Waals surface area contributed by atoms with Gasteiger partial charge in [0.15, 0.2) is 6.20 Å². The number of pyridine rings is 1. The van der Waals surface area contributed by atoms with E-state index in [0.717, 1.165) is 17.8 Å². The number of carboxylic acids is 1. The van der Waals surface area contributed by atoms with Crippen molar-refractivity contribution in [2.75, 3.05) is 0 Å². The van der Waals surface area contributed by atoms with Crippen LogP contribution >= 0.6 is 0 Å². The average Bonchev–Trinajstić information content (AvgIpc) is 2.46. The van der Waals surface area contributed by atoms with Crippen molar-refractivity contribution in [3.63, 3.8) is 0 Å². The van der Waals surface area contributed by atoms with Crippen LogP contribution in [-0.2, 0) is 6.54 Å². The second-order valence-corrected chi connectivity index (χ2v) is 4.33. The molecule has 0 spiro atoms. The number of aromatic nitrogens is 1. The molecule has 0 aliphatic rings. The summed E-state index contributed by atoms with van der Waals surface area (Å²) >= 11 is 0. The molecule has 0 bridgehead atoms. The lowest BCUT2D eigenvalue weighted by Crippen LogP contribution is -2.34. The number of phenols is 1. The van der Waals surface area contributed by atoms with E-state index in [1.165, 1.54) is 12.1 Å². The number of carbonyl (C=O) groups is 1. The van der Waals surface area contributed by atoms with Crippen molar-refractivity contribution >= 4 is 18.1 Å². The average molecular weight is 270 g/mol. The van der Waals surface area contributed by atoms with Gasteiger partial charge in [-0.25, -0.2) is 4.79 Å². The smallest absolute Gasteiger partial charge is 0.339 e. The number of aryl methyl sites for hydroxylation is 1. The zero-order valence-electron chi connectivity index (χ0n) is 11.2. The fourth-order valence-electron chi connectivity index (χ4n) is 1.94. The molecule has 0 radical (unpaired) electrons. The Morgan fingerprint density at radius 2 is 2.05 bits per heavy atom. The molecular weight excluding hydrogens is 254 g/mol. The molecule has 0 atom stereocenters. The molecule has 0 aliphatic heterocycles. The van der Waals surface area contributed by atoms with Crippen molar-refractivity contribution < 1.29 is 19.6 Å². The maximum atomic E-state index is 11.0. The summed E-state index contributed by atoms with van der Waals surface area (Å²) in [6.45, 7) is 2.91. The molecule has 2 aromatic rings. The summed E-state index contributed by atoms with van der Waals surface area (Å²) in [6.07, 6.45) is 5.73. The minimum absolute atomic E-state index is 0.0939. The molecule has 2 rings (SSSR count). The highest BCUT2D eigenvalue weighted by molar-refractivity contribution is 5.91. The van der Waals surface area contributed by atoms with Crippen LogP contribution in [0.1, 0.15) is 28.5 Å². The van der Waals surface area contributed by atoms with E-state index in [0.29, 0.717) is 0 Å². The maximum Gasteiger partial charge on any atom is 0.339 e. The Bertz CT molecular complexity index is 663. The second kappa shape index (κ2) is 6.02. The van der Waals surface area contributed by atoms with Crippen LogP contribution in [0.25, 0.3) is 12.2 Å². The number of nitrogens with zero attached hydrogens (tertiary/aromatic N) is 1. The van der Waals surface area contributed by atoms with Crippen LogP contribution in [0.15, 0.2) is 42.6 Å². The van der Waals surface area contributed by atoms with Crippen molar-refractivity contribution in [2.24, 2.45) is 0 Å². The summed E-state index contributed by atoms with van der Waals surface area (Å²) in [7, 11) is 0. The number of hydrogen-bond donors (Lipinski definition) is 2. The molecule has 2 N–H and O–H groups in total.